The van der Waals surface area contributed by atoms with Crippen molar-refractivity contribution in [2.75, 3.05) is 16.6 Å². The van der Waals surface area contributed by atoms with Crippen LogP contribution in [0.1, 0.15) is 11.4 Å². The minimum Gasteiger partial charge on any atom is -0.481 e. The van der Waals surface area contributed by atoms with Crippen molar-refractivity contribution in [2.24, 2.45) is 0 Å². The lowest BCUT2D eigenvalue weighted by Gasteiger charge is -2.21. The van der Waals surface area contributed by atoms with Gasteiger partial charge in [-0.25, -0.2) is 8.42 Å². The zero-order valence-electron chi connectivity index (χ0n) is 11.9. The van der Waals surface area contributed by atoms with Gasteiger partial charge in [-0.3, -0.25) is 14.6 Å². The largest absolute Gasteiger partial charge is 0.481 e. The summed E-state index contributed by atoms with van der Waals surface area (Å²) >= 11 is 0. The number of sulfonamides is 1. The molecule has 0 saturated heterocycles. The number of amides is 1. The molecule has 8 nitrogen and oxygen atoms in total. The highest BCUT2D eigenvalue weighted by Gasteiger charge is 2.26. The topological polar surface area (TPSA) is 113 Å². The van der Waals surface area contributed by atoms with Gasteiger partial charge in [0.25, 0.3) is 15.9 Å². The van der Waals surface area contributed by atoms with E-state index in [0.717, 1.165) is 0 Å². The van der Waals surface area contributed by atoms with Crippen LogP contribution in [0.2, 0.25) is 0 Å². The van der Waals surface area contributed by atoms with E-state index < -0.39 is 10.0 Å². The number of aromatic nitrogens is 2. The third kappa shape index (κ3) is 2.39. The van der Waals surface area contributed by atoms with E-state index in [-0.39, 0.29) is 23.1 Å². The molecule has 2 aromatic rings. The molecule has 1 amide bonds. The molecular formula is C13H14N4O4S. The average molecular weight is 322 g/mol. The summed E-state index contributed by atoms with van der Waals surface area (Å²) in [6.45, 7) is 3.13. The molecule has 116 valence electrons. The maximum absolute atomic E-state index is 12.5. The second kappa shape index (κ2) is 5.02. The molecule has 0 unspecified atom stereocenters. The second-order valence-electron chi connectivity index (χ2n) is 4.88. The maximum atomic E-state index is 12.5. The van der Waals surface area contributed by atoms with Crippen LogP contribution in [0.15, 0.2) is 23.1 Å². The Bertz CT molecular complexity index is 837. The van der Waals surface area contributed by atoms with Crippen molar-refractivity contribution in [3.8, 4) is 5.75 Å². The molecule has 3 rings (SSSR count). The normalized spacial score (nSPS) is 14.0. The fourth-order valence-corrected chi connectivity index (χ4v) is 3.76. The monoisotopic (exact) mass is 322 g/mol. The fourth-order valence-electron chi connectivity index (χ4n) is 2.32. The number of anilines is 2. The molecule has 0 aliphatic carbocycles. The molecule has 0 saturated carbocycles. The number of carbonyl (C=O) groups is 1. The summed E-state index contributed by atoms with van der Waals surface area (Å²) in [5.74, 6) is 0.0789. The molecule has 0 fully saturated rings. The van der Waals surface area contributed by atoms with Gasteiger partial charge in [-0.1, -0.05) is 6.07 Å². The van der Waals surface area contributed by atoms with Crippen LogP contribution in [-0.4, -0.2) is 31.1 Å². The van der Waals surface area contributed by atoms with Gasteiger partial charge in [0.1, 0.15) is 16.3 Å². The molecule has 0 atom stereocenters. The van der Waals surface area contributed by atoms with Crippen LogP contribution in [-0.2, 0) is 14.8 Å². The van der Waals surface area contributed by atoms with Gasteiger partial charge in [0.15, 0.2) is 6.61 Å². The predicted molar refractivity (Wildman–Crippen MR) is 79.4 cm³/mol. The van der Waals surface area contributed by atoms with E-state index in [1.165, 1.54) is 0 Å². The van der Waals surface area contributed by atoms with Crippen LogP contribution in [0.25, 0.3) is 0 Å². The van der Waals surface area contributed by atoms with Crippen LogP contribution < -0.4 is 14.8 Å². The van der Waals surface area contributed by atoms with E-state index in [2.05, 4.69) is 20.2 Å². The number of para-hydroxylation sites is 1. The number of hydrogen-bond acceptors (Lipinski definition) is 5. The standard InChI is InChI=1S/C13H14N4O4S/c1-7-13(8(2)16-15-7)22(19,20)17-9-4-3-5-10-12(9)14-11(18)6-21-10/h3-5,17H,6H2,1-2H3,(H,14,18)(H,15,16). The highest BCUT2D eigenvalue weighted by atomic mass is 32.2. The Morgan fingerprint density at radius 3 is 2.77 bits per heavy atom. The molecule has 1 aliphatic heterocycles. The number of H-pyrrole nitrogens is 1. The number of nitrogens with zero attached hydrogens (tertiary/aromatic N) is 1. The van der Waals surface area contributed by atoms with Crippen molar-refractivity contribution in [3.63, 3.8) is 0 Å². The fraction of sp³-hybridized carbons (Fsp3) is 0.231. The van der Waals surface area contributed by atoms with Crippen molar-refractivity contribution >= 4 is 27.3 Å². The molecule has 22 heavy (non-hydrogen) atoms. The SMILES string of the molecule is Cc1n[nH]c(C)c1S(=O)(=O)Nc1cccc2c1NC(=O)CO2. The summed E-state index contributed by atoms with van der Waals surface area (Å²) in [4.78, 5) is 11.5. The number of aryl methyl sites for hydroxylation is 2. The minimum absolute atomic E-state index is 0.0909. The smallest absolute Gasteiger partial charge is 0.265 e. The first-order valence-electron chi connectivity index (χ1n) is 6.48. The first-order valence-corrected chi connectivity index (χ1v) is 7.97. The van der Waals surface area contributed by atoms with Crippen LogP contribution >= 0.6 is 0 Å². The number of nitrogens with one attached hydrogen (secondary N) is 3. The first kappa shape index (κ1) is 14.4. The Kier molecular flexibility index (Phi) is 3.28. The Labute approximate surface area is 126 Å². The van der Waals surface area contributed by atoms with Crippen LogP contribution in [0.3, 0.4) is 0 Å². The number of benzene rings is 1. The van der Waals surface area contributed by atoms with Gasteiger partial charge in [0, 0.05) is 0 Å². The van der Waals surface area contributed by atoms with Gasteiger partial charge in [0.05, 0.1) is 17.1 Å². The van der Waals surface area contributed by atoms with E-state index in [9.17, 15) is 13.2 Å². The van der Waals surface area contributed by atoms with Gasteiger partial charge < -0.3 is 10.1 Å². The van der Waals surface area contributed by atoms with Crippen molar-refractivity contribution in [3.05, 3.63) is 29.6 Å². The third-order valence-corrected chi connectivity index (χ3v) is 4.85. The van der Waals surface area contributed by atoms with E-state index in [1.54, 1.807) is 32.0 Å². The highest BCUT2D eigenvalue weighted by Crippen LogP contribution is 2.36. The molecule has 3 N–H and O–H groups in total. The summed E-state index contributed by atoms with van der Waals surface area (Å²) in [5.41, 5.74) is 1.36. The molecule has 0 radical (unpaired) electrons. The van der Waals surface area contributed by atoms with Crippen molar-refractivity contribution in [2.45, 2.75) is 18.7 Å². The van der Waals surface area contributed by atoms with Gasteiger partial charge in [-0.15, -0.1) is 0 Å². The number of carbonyl (C=O) groups excluding carboxylic acids is 1. The number of fused-ring (bicyclic) bond motifs is 1. The Morgan fingerprint density at radius 2 is 2.09 bits per heavy atom. The van der Waals surface area contributed by atoms with Gasteiger partial charge >= 0.3 is 0 Å². The summed E-state index contributed by atoms with van der Waals surface area (Å²) in [6.07, 6.45) is 0. The van der Waals surface area contributed by atoms with Crippen LogP contribution in [0.5, 0.6) is 5.75 Å². The average Bonchev–Trinajstić information content (AvgIpc) is 2.79. The summed E-state index contributed by atoms with van der Waals surface area (Å²) < 4.78 is 32.8. The molecule has 1 aromatic heterocycles. The molecular weight excluding hydrogens is 308 g/mol. The van der Waals surface area contributed by atoms with Crippen molar-refractivity contribution < 1.29 is 17.9 Å². The summed E-state index contributed by atoms with van der Waals surface area (Å²) in [7, 11) is -3.83. The Morgan fingerprint density at radius 1 is 1.32 bits per heavy atom. The minimum atomic E-state index is -3.83. The number of rotatable bonds is 3. The molecule has 2 heterocycles. The number of hydrogen-bond donors (Lipinski definition) is 3. The first-order chi connectivity index (χ1) is 10.4. The van der Waals surface area contributed by atoms with Crippen molar-refractivity contribution in [1.29, 1.82) is 0 Å². The number of aromatic amines is 1. The van der Waals surface area contributed by atoms with E-state index in [0.29, 0.717) is 22.8 Å². The number of ether oxygens (including phenoxy) is 1. The lowest BCUT2D eigenvalue weighted by atomic mass is 10.2. The van der Waals surface area contributed by atoms with Crippen LogP contribution in [0.4, 0.5) is 11.4 Å². The van der Waals surface area contributed by atoms with E-state index in [1.807, 2.05) is 0 Å². The molecule has 1 aromatic carbocycles. The lowest BCUT2D eigenvalue weighted by Crippen LogP contribution is -2.26. The predicted octanol–water partition coefficient (Wildman–Crippen LogP) is 1.16. The molecule has 0 spiro atoms. The van der Waals surface area contributed by atoms with Crippen LogP contribution in [0, 0.1) is 13.8 Å². The zero-order valence-corrected chi connectivity index (χ0v) is 12.7. The highest BCUT2D eigenvalue weighted by molar-refractivity contribution is 7.92. The van der Waals surface area contributed by atoms with Gasteiger partial charge in [-0.05, 0) is 26.0 Å². The van der Waals surface area contributed by atoms with E-state index >= 15 is 0 Å². The molecule has 1 aliphatic rings. The molecule has 0 bridgehead atoms. The maximum Gasteiger partial charge on any atom is 0.265 e. The zero-order chi connectivity index (χ0) is 15.9. The van der Waals surface area contributed by atoms with Crippen molar-refractivity contribution in [1.82, 2.24) is 10.2 Å². The summed E-state index contributed by atoms with van der Waals surface area (Å²) in [5, 5.41) is 9.13. The van der Waals surface area contributed by atoms with Gasteiger partial charge in [0.2, 0.25) is 0 Å². The second-order valence-corrected chi connectivity index (χ2v) is 6.50. The lowest BCUT2D eigenvalue weighted by molar-refractivity contribution is -0.118. The quantitative estimate of drug-likeness (QED) is 0.785. The third-order valence-electron chi connectivity index (χ3n) is 3.22. The Hall–Kier alpha value is -2.55. The summed E-state index contributed by atoms with van der Waals surface area (Å²) in [6, 6.07) is 4.85. The van der Waals surface area contributed by atoms with Gasteiger partial charge in [-0.2, -0.15) is 5.10 Å². The Balaban J connectivity index is 2.02. The van der Waals surface area contributed by atoms with E-state index in [4.69, 9.17) is 4.74 Å². The molecule has 9 heteroatoms.